The maximum Gasteiger partial charge on any atom is 0.251 e. The van der Waals surface area contributed by atoms with Gasteiger partial charge in [-0.3, -0.25) is 4.79 Å². The second-order valence-electron chi connectivity index (χ2n) is 5.79. The van der Waals surface area contributed by atoms with Crippen LogP contribution < -0.4 is 4.80 Å². The summed E-state index contributed by atoms with van der Waals surface area (Å²) in [6, 6.07) is 8.32. The fourth-order valence-electron chi connectivity index (χ4n) is 3.08. The van der Waals surface area contributed by atoms with Gasteiger partial charge in [0, 0.05) is 12.5 Å². The van der Waals surface area contributed by atoms with Crippen molar-refractivity contribution in [3.8, 4) is 0 Å². The number of carbonyl (C=O) groups excluding carboxylic acids is 1. The highest BCUT2D eigenvalue weighted by Crippen LogP contribution is 2.24. The molecule has 1 aliphatic carbocycles. The number of aromatic nitrogens is 1. The van der Waals surface area contributed by atoms with Gasteiger partial charge in [0.25, 0.3) is 5.91 Å². The SMILES string of the molecule is CCCn1c(=NC(=O)C2CCCCC2)sc2ccccc21. The Bertz CT molecular complexity index is 692. The molecule has 1 saturated carbocycles. The molecule has 1 aliphatic rings. The number of nitrogens with zero attached hydrogens (tertiary/aromatic N) is 2. The molecular formula is C17H22N2OS. The average molecular weight is 302 g/mol. The lowest BCUT2D eigenvalue weighted by Gasteiger charge is -2.17. The van der Waals surface area contributed by atoms with Crippen LogP contribution in [0.3, 0.4) is 0 Å². The molecule has 1 aromatic heterocycles. The molecule has 0 saturated heterocycles. The van der Waals surface area contributed by atoms with E-state index >= 15 is 0 Å². The summed E-state index contributed by atoms with van der Waals surface area (Å²) in [5.74, 6) is 0.241. The van der Waals surface area contributed by atoms with Gasteiger partial charge in [-0.1, -0.05) is 49.7 Å². The lowest BCUT2D eigenvalue weighted by atomic mass is 9.89. The second-order valence-corrected chi connectivity index (χ2v) is 6.80. The molecule has 1 fully saturated rings. The van der Waals surface area contributed by atoms with E-state index in [9.17, 15) is 4.79 Å². The van der Waals surface area contributed by atoms with E-state index < -0.39 is 0 Å². The van der Waals surface area contributed by atoms with Crippen molar-refractivity contribution in [2.75, 3.05) is 0 Å². The largest absolute Gasteiger partial charge is 0.316 e. The number of aryl methyl sites for hydroxylation is 1. The first kappa shape index (κ1) is 14.5. The molecule has 1 heterocycles. The van der Waals surface area contributed by atoms with Gasteiger partial charge in [0.2, 0.25) is 0 Å². The van der Waals surface area contributed by atoms with Gasteiger partial charge in [0.15, 0.2) is 4.80 Å². The number of amides is 1. The van der Waals surface area contributed by atoms with E-state index in [-0.39, 0.29) is 11.8 Å². The second kappa shape index (κ2) is 6.56. The Hall–Kier alpha value is -1.42. The molecule has 3 rings (SSSR count). The Morgan fingerprint density at radius 3 is 2.81 bits per heavy atom. The normalized spacial score (nSPS) is 17.5. The molecule has 1 amide bonds. The first-order valence-corrected chi connectivity index (χ1v) is 8.78. The number of hydrogen-bond acceptors (Lipinski definition) is 2. The van der Waals surface area contributed by atoms with Gasteiger partial charge in [-0.25, -0.2) is 0 Å². The summed E-state index contributed by atoms with van der Waals surface area (Å²) in [6.07, 6.45) is 6.69. The molecule has 0 aliphatic heterocycles. The number of carbonyl (C=O) groups is 1. The number of para-hydroxylation sites is 1. The van der Waals surface area contributed by atoms with Crippen molar-refractivity contribution in [1.82, 2.24) is 4.57 Å². The number of benzene rings is 1. The smallest absolute Gasteiger partial charge is 0.251 e. The maximum atomic E-state index is 12.4. The van der Waals surface area contributed by atoms with Crippen LogP contribution in [0.15, 0.2) is 29.3 Å². The molecule has 21 heavy (non-hydrogen) atoms. The zero-order chi connectivity index (χ0) is 14.7. The fraction of sp³-hybridized carbons (Fsp3) is 0.529. The van der Waals surface area contributed by atoms with Crippen molar-refractivity contribution in [3.63, 3.8) is 0 Å². The standard InChI is InChI=1S/C17H22N2OS/c1-2-12-19-14-10-6-7-11-15(14)21-17(19)18-16(20)13-8-4-3-5-9-13/h6-7,10-11,13H,2-5,8-9,12H2,1H3. The van der Waals surface area contributed by atoms with Crippen LogP contribution in [-0.4, -0.2) is 10.5 Å². The molecule has 0 bridgehead atoms. The molecule has 3 nitrogen and oxygen atoms in total. The van der Waals surface area contributed by atoms with Gasteiger partial charge in [0.1, 0.15) is 0 Å². The zero-order valence-electron chi connectivity index (χ0n) is 12.5. The minimum Gasteiger partial charge on any atom is -0.316 e. The minimum absolute atomic E-state index is 0.0890. The van der Waals surface area contributed by atoms with Gasteiger partial charge in [0.05, 0.1) is 10.2 Å². The highest BCUT2D eigenvalue weighted by Gasteiger charge is 2.20. The van der Waals surface area contributed by atoms with Crippen LogP contribution in [0.2, 0.25) is 0 Å². The highest BCUT2D eigenvalue weighted by atomic mass is 32.1. The lowest BCUT2D eigenvalue weighted by Crippen LogP contribution is -2.21. The lowest BCUT2D eigenvalue weighted by molar-refractivity contribution is -0.122. The van der Waals surface area contributed by atoms with E-state index in [0.717, 1.165) is 30.6 Å². The fourth-order valence-corrected chi connectivity index (χ4v) is 4.14. The first-order valence-electron chi connectivity index (χ1n) is 7.96. The summed E-state index contributed by atoms with van der Waals surface area (Å²) in [4.78, 5) is 17.8. The van der Waals surface area contributed by atoms with E-state index in [4.69, 9.17) is 0 Å². The van der Waals surface area contributed by atoms with E-state index in [0.29, 0.717) is 0 Å². The number of fused-ring (bicyclic) bond motifs is 1. The summed E-state index contributed by atoms with van der Waals surface area (Å²) in [5.41, 5.74) is 1.19. The minimum atomic E-state index is 0.0890. The summed E-state index contributed by atoms with van der Waals surface area (Å²) < 4.78 is 3.40. The van der Waals surface area contributed by atoms with Crippen LogP contribution >= 0.6 is 11.3 Å². The molecule has 112 valence electrons. The summed E-state index contributed by atoms with van der Waals surface area (Å²) in [6.45, 7) is 3.08. The third kappa shape index (κ3) is 3.10. The van der Waals surface area contributed by atoms with Crippen LogP contribution in [0, 0.1) is 5.92 Å². The Labute approximate surface area is 129 Å². The Kier molecular flexibility index (Phi) is 4.54. The number of hydrogen-bond donors (Lipinski definition) is 0. The van der Waals surface area contributed by atoms with Gasteiger partial charge in [-0.15, -0.1) is 0 Å². The van der Waals surface area contributed by atoms with Crippen molar-refractivity contribution in [3.05, 3.63) is 29.1 Å². The topological polar surface area (TPSA) is 34.4 Å². The molecule has 2 aromatic rings. The van der Waals surface area contributed by atoms with Crippen LogP contribution in [0.25, 0.3) is 10.2 Å². The average Bonchev–Trinajstić information content (AvgIpc) is 2.86. The van der Waals surface area contributed by atoms with Gasteiger partial charge in [-0.05, 0) is 31.4 Å². The van der Waals surface area contributed by atoms with E-state index in [1.165, 1.54) is 29.5 Å². The molecule has 0 atom stereocenters. The van der Waals surface area contributed by atoms with Crippen LogP contribution in [-0.2, 0) is 11.3 Å². The number of rotatable bonds is 3. The third-order valence-corrected chi connectivity index (χ3v) is 5.26. The van der Waals surface area contributed by atoms with E-state index in [1.54, 1.807) is 11.3 Å². The number of thiazole rings is 1. The van der Waals surface area contributed by atoms with Crippen LogP contribution in [0.1, 0.15) is 45.4 Å². The predicted molar refractivity (Wildman–Crippen MR) is 87.3 cm³/mol. The molecule has 0 N–H and O–H groups in total. The van der Waals surface area contributed by atoms with Gasteiger partial charge >= 0.3 is 0 Å². The van der Waals surface area contributed by atoms with Gasteiger partial charge < -0.3 is 4.57 Å². The maximum absolute atomic E-state index is 12.4. The zero-order valence-corrected chi connectivity index (χ0v) is 13.4. The van der Waals surface area contributed by atoms with E-state index in [1.807, 2.05) is 12.1 Å². The monoisotopic (exact) mass is 302 g/mol. The molecule has 0 spiro atoms. The molecule has 1 aromatic carbocycles. The predicted octanol–water partition coefficient (Wildman–Crippen LogP) is 4.12. The molecule has 4 heteroatoms. The quantitative estimate of drug-likeness (QED) is 0.839. The summed E-state index contributed by atoms with van der Waals surface area (Å²) in [7, 11) is 0. The molecule has 0 unspecified atom stereocenters. The van der Waals surface area contributed by atoms with Crippen molar-refractivity contribution in [1.29, 1.82) is 0 Å². The van der Waals surface area contributed by atoms with Crippen LogP contribution in [0.4, 0.5) is 0 Å². The molecular weight excluding hydrogens is 280 g/mol. The molecule has 0 radical (unpaired) electrons. The van der Waals surface area contributed by atoms with Gasteiger partial charge in [-0.2, -0.15) is 4.99 Å². The summed E-state index contributed by atoms with van der Waals surface area (Å²) >= 11 is 1.63. The van der Waals surface area contributed by atoms with Crippen molar-refractivity contribution in [2.24, 2.45) is 10.9 Å². The van der Waals surface area contributed by atoms with Crippen LogP contribution in [0.5, 0.6) is 0 Å². The van der Waals surface area contributed by atoms with E-state index in [2.05, 4.69) is 28.6 Å². The third-order valence-electron chi connectivity index (χ3n) is 4.20. The van der Waals surface area contributed by atoms with Crippen molar-refractivity contribution >= 4 is 27.5 Å². The van der Waals surface area contributed by atoms with Crippen molar-refractivity contribution < 1.29 is 4.79 Å². The first-order chi connectivity index (χ1) is 10.3. The highest BCUT2D eigenvalue weighted by molar-refractivity contribution is 7.16. The Balaban J connectivity index is 1.99. The Morgan fingerprint density at radius 1 is 1.29 bits per heavy atom. The van der Waals surface area contributed by atoms with Crippen molar-refractivity contribution in [2.45, 2.75) is 52.0 Å². The Morgan fingerprint density at radius 2 is 2.05 bits per heavy atom. The summed E-state index contributed by atoms with van der Waals surface area (Å²) in [5, 5.41) is 0.